The Hall–Kier alpha value is -1.20. The number of halogens is 2. The second-order valence-corrected chi connectivity index (χ2v) is 1.46. The van der Waals surface area contributed by atoms with Crippen molar-refractivity contribution < 1.29 is 23.1 Å². The number of oxime groups is 1. The predicted octanol–water partition coefficient (Wildman–Crippen LogP) is 0.776. The first-order valence-corrected chi connectivity index (χ1v) is 2.68. The smallest absolute Gasteiger partial charge is 0.358 e. The largest absolute Gasteiger partial charge is 0.429 e. The Morgan fingerprint density at radius 1 is 1.45 bits per heavy atom. The van der Waals surface area contributed by atoms with Crippen LogP contribution in [-0.2, 0) is 14.4 Å². The SMILES string of the molecule is C/C(=N\OCF)C(=O)OCF. The molecule has 0 aromatic heterocycles. The molecule has 0 fully saturated rings. The minimum Gasteiger partial charge on any atom is -0.429 e. The van der Waals surface area contributed by atoms with E-state index in [1.54, 1.807) is 0 Å². The first-order chi connectivity index (χ1) is 5.22. The lowest BCUT2D eigenvalue weighted by atomic mass is 10.4. The molecule has 0 bridgehead atoms. The van der Waals surface area contributed by atoms with E-state index in [2.05, 4.69) is 14.7 Å². The molecule has 0 aliphatic carbocycles. The molecule has 0 rings (SSSR count). The molecule has 0 aromatic carbocycles. The standard InChI is InChI=1S/C5H7F2NO3/c1-4(8-11-3-7)5(9)10-2-6/h2-3H2,1H3/b8-4+. The van der Waals surface area contributed by atoms with Crippen molar-refractivity contribution in [2.24, 2.45) is 5.16 Å². The summed E-state index contributed by atoms with van der Waals surface area (Å²) in [6.07, 6.45) is 0. The maximum Gasteiger partial charge on any atom is 0.358 e. The highest BCUT2D eigenvalue weighted by Crippen LogP contribution is 1.86. The molecule has 0 aliphatic rings. The normalized spacial score (nSPS) is 11.0. The Balaban J connectivity index is 3.80. The van der Waals surface area contributed by atoms with Crippen LogP contribution in [0, 0.1) is 0 Å². The highest BCUT2D eigenvalue weighted by Gasteiger charge is 2.06. The number of carbonyl (C=O) groups excluding carboxylic acids is 1. The molecule has 0 heterocycles. The molecule has 0 N–H and O–H groups in total. The Kier molecular flexibility index (Phi) is 4.97. The van der Waals surface area contributed by atoms with Crippen LogP contribution in [0.2, 0.25) is 0 Å². The van der Waals surface area contributed by atoms with Gasteiger partial charge in [0.15, 0.2) is 5.71 Å². The van der Waals surface area contributed by atoms with Crippen LogP contribution >= 0.6 is 0 Å². The van der Waals surface area contributed by atoms with Crippen molar-refractivity contribution in [1.82, 2.24) is 0 Å². The van der Waals surface area contributed by atoms with Gasteiger partial charge in [0.05, 0.1) is 0 Å². The third kappa shape index (κ3) is 4.24. The van der Waals surface area contributed by atoms with Crippen molar-refractivity contribution in [1.29, 1.82) is 0 Å². The number of alkyl halides is 2. The molecule has 0 aliphatic heterocycles. The molecule has 4 nitrogen and oxygen atoms in total. The second kappa shape index (κ2) is 5.57. The zero-order valence-corrected chi connectivity index (χ0v) is 5.84. The van der Waals surface area contributed by atoms with Crippen molar-refractivity contribution in [2.75, 3.05) is 13.7 Å². The van der Waals surface area contributed by atoms with E-state index in [1.165, 1.54) is 6.92 Å². The Bertz CT molecular complexity index is 160. The fourth-order valence-corrected chi connectivity index (χ4v) is 0.312. The second-order valence-electron chi connectivity index (χ2n) is 1.46. The first kappa shape index (κ1) is 9.80. The zero-order chi connectivity index (χ0) is 8.69. The van der Waals surface area contributed by atoms with Crippen molar-refractivity contribution in [2.45, 2.75) is 6.92 Å². The molecule has 0 spiro atoms. The fraction of sp³-hybridized carbons (Fsp3) is 0.600. The molecule has 0 aromatic rings. The molecule has 0 saturated carbocycles. The summed E-state index contributed by atoms with van der Waals surface area (Å²) in [5.74, 6) is -0.971. The minimum atomic E-state index is -1.23. The molecular weight excluding hydrogens is 160 g/mol. The van der Waals surface area contributed by atoms with Gasteiger partial charge in [0.25, 0.3) is 6.86 Å². The minimum absolute atomic E-state index is 0.236. The lowest BCUT2D eigenvalue weighted by Gasteiger charge is -1.97. The molecule has 0 atom stereocenters. The molecule has 0 amide bonds. The summed E-state index contributed by atoms with van der Waals surface area (Å²) in [5.41, 5.74) is -0.236. The molecule has 0 unspecified atom stereocenters. The quantitative estimate of drug-likeness (QED) is 0.353. The van der Waals surface area contributed by atoms with Gasteiger partial charge in [-0.05, 0) is 6.92 Å². The van der Waals surface area contributed by atoms with Crippen molar-refractivity contribution in [3.05, 3.63) is 0 Å². The van der Waals surface area contributed by atoms with E-state index in [1.807, 2.05) is 0 Å². The number of ether oxygens (including phenoxy) is 1. The number of nitrogens with zero attached hydrogens (tertiary/aromatic N) is 1. The third-order valence-electron chi connectivity index (χ3n) is 0.731. The van der Waals surface area contributed by atoms with Crippen molar-refractivity contribution >= 4 is 11.7 Å². The van der Waals surface area contributed by atoms with E-state index < -0.39 is 19.7 Å². The lowest BCUT2D eigenvalue weighted by Crippen LogP contribution is -2.14. The number of hydrogen-bond acceptors (Lipinski definition) is 4. The van der Waals surface area contributed by atoms with Crippen LogP contribution < -0.4 is 0 Å². The Morgan fingerprint density at radius 3 is 2.55 bits per heavy atom. The summed E-state index contributed by atoms with van der Waals surface area (Å²) in [5, 5.41) is 2.96. The summed E-state index contributed by atoms with van der Waals surface area (Å²) >= 11 is 0. The maximum absolute atomic E-state index is 11.3. The molecule has 0 radical (unpaired) electrons. The number of hydrogen-bond donors (Lipinski definition) is 0. The van der Waals surface area contributed by atoms with Gasteiger partial charge in [-0.3, -0.25) is 0 Å². The van der Waals surface area contributed by atoms with Crippen LogP contribution in [0.25, 0.3) is 0 Å². The number of carbonyl (C=O) groups is 1. The first-order valence-electron chi connectivity index (χ1n) is 2.68. The van der Waals surface area contributed by atoms with E-state index in [0.717, 1.165) is 0 Å². The van der Waals surface area contributed by atoms with Gasteiger partial charge in [0.2, 0.25) is 6.86 Å². The van der Waals surface area contributed by atoms with E-state index in [0.29, 0.717) is 0 Å². The van der Waals surface area contributed by atoms with Gasteiger partial charge in [-0.15, -0.1) is 0 Å². The average Bonchev–Trinajstić information content (AvgIpc) is 2.00. The summed E-state index contributed by atoms with van der Waals surface area (Å²) in [7, 11) is 0. The predicted molar refractivity (Wildman–Crippen MR) is 32.2 cm³/mol. The van der Waals surface area contributed by atoms with E-state index in [-0.39, 0.29) is 5.71 Å². The molecular formula is C5H7F2NO3. The van der Waals surface area contributed by atoms with Crippen LogP contribution in [0.15, 0.2) is 5.16 Å². The zero-order valence-electron chi connectivity index (χ0n) is 5.84. The van der Waals surface area contributed by atoms with Crippen LogP contribution in [0.1, 0.15) is 6.92 Å². The van der Waals surface area contributed by atoms with Crippen LogP contribution in [0.5, 0.6) is 0 Å². The summed E-state index contributed by atoms with van der Waals surface area (Å²) in [6, 6.07) is 0. The van der Waals surface area contributed by atoms with Gasteiger partial charge in [0.1, 0.15) is 0 Å². The molecule has 11 heavy (non-hydrogen) atoms. The number of rotatable bonds is 4. The summed E-state index contributed by atoms with van der Waals surface area (Å²) in [6.45, 7) is -1.16. The number of esters is 1. The van der Waals surface area contributed by atoms with E-state index in [9.17, 15) is 13.6 Å². The Labute approximate surface area is 61.8 Å². The van der Waals surface area contributed by atoms with Crippen LogP contribution in [-0.4, -0.2) is 25.4 Å². The highest BCUT2D eigenvalue weighted by molar-refractivity contribution is 6.35. The van der Waals surface area contributed by atoms with Gasteiger partial charge >= 0.3 is 5.97 Å². The molecule has 0 saturated heterocycles. The van der Waals surface area contributed by atoms with E-state index in [4.69, 9.17) is 0 Å². The maximum atomic E-state index is 11.3. The van der Waals surface area contributed by atoms with Gasteiger partial charge in [0, 0.05) is 0 Å². The highest BCUT2D eigenvalue weighted by atomic mass is 19.1. The van der Waals surface area contributed by atoms with Gasteiger partial charge in [-0.1, -0.05) is 5.16 Å². The molecule has 64 valence electrons. The van der Waals surface area contributed by atoms with E-state index >= 15 is 0 Å². The summed E-state index contributed by atoms with van der Waals surface area (Å²) in [4.78, 5) is 14.3. The Morgan fingerprint density at radius 2 is 2.09 bits per heavy atom. The van der Waals surface area contributed by atoms with Crippen LogP contribution in [0.4, 0.5) is 8.78 Å². The summed E-state index contributed by atoms with van der Waals surface area (Å²) < 4.78 is 26.4. The fourth-order valence-electron chi connectivity index (χ4n) is 0.312. The lowest BCUT2D eigenvalue weighted by molar-refractivity contribution is -0.139. The average molecular weight is 167 g/mol. The topological polar surface area (TPSA) is 47.9 Å². The third-order valence-corrected chi connectivity index (χ3v) is 0.731. The van der Waals surface area contributed by atoms with Crippen molar-refractivity contribution in [3.8, 4) is 0 Å². The van der Waals surface area contributed by atoms with Crippen molar-refractivity contribution in [3.63, 3.8) is 0 Å². The monoisotopic (exact) mass is 167 g/mol. The molecule has 6 heteroatoms. The van der Waals surface area contributed by atoms with Gasteiger partial charge < -0.3 is 9.57 Å². The van der Waals surface area contributed by atoms with Crippen LogP contribution in [0.3, 0.4) is 0 Å². The van der Waals surface area contributed by atoms with Gasteiger partial charge in [-0.25, -0.2) is 13.6 Å². The van der Waals surface area contributed by atoms with Gasteiger partial charge in [-0.2, -0.15) is 0 Å².